The Morgan fingerprint density at radius 2 is 1.25 bits per heavy atom. The van der Waals surface area contributed by atoms with Crippen LogP contribution in [0.25, 0.3) is 0 Å². The normalized spacial score (nSPS) is 10.4. The Bertz CT molecular complexity index is 451. The molecule has 0 atom stereocenters. The van der Waals surface area contributed by atoms with E-state index in [-0.39, 0.29) is 0 Å². The van der Waals surface area contributed by atoms with Gasteiger partial charge in [0.15, 0.2) is 10.3 Å². The fourth-order valence-corrected chi connectivity index (χ4v) is 2.73. The average Bonchev–Trinajstić information content (AvgIpc) is 2.27. The highest BCUT2D eigenvalue weighted by Gasteiger charge is 2.03. The molecule has 0 aliphatic carbocycles. The molecule has 2 rings (SSSR count). The molecule has 0 saturated heterocycles. The van der Waals surface area contributed by atoms with E-state index in [0.29, 0.717) is 20.6 Å². The molecule has 4 nitrogen and oxygen atoms in total. The zero-order valence-electron chi connectivity index (χ0n) is 7.67. The van der Waals surface area contributed by atoms with Crippen molar-refractivity contribution in [3.8, 4) is 0 Å². The van der Waals surface area contributed by atoms with Gasteiger partial charge in [-0.3, -0.25) is 0 Å². The van der Waals surface area contributed by atoms with Crippen molar-refractivity contribution in [2.75, 3.05) is 0 Å². The molecule has 0 fully saturated rings. The Balaban J connectivity index is 2.02. The van der Waals surface area contributed by atoms with Crippen molar-refractivity contribution < 1.29 is 0 Å². The molecule has 2 heterocycles. The van der Waals surface area contributed by atoms with E-state index >= 15 is 0 Å². The molecule has 2 aromatic heterocycles. The second kappa shape index (κ2) is 5.67. The zero-order valence-corrected chi connectivity index (χ0v) is 10.8. The third kappa shape index (κ3) is 3.48. The van der Waals surface area contributed by atoms with Gasteiger partial charge < -0.3 is 0 Å². The van der Waals surface area contributed by atoms with Crippen LogP contribution in [0.5, 0.6) is 0 Å². The summed E-state index contributed by atoms with van der Waals surface area (Å²) in [4.78, 5) is 16.1. The molecule has 0 aliphatic rings. The molecular formula is C8H4Cl2N4S2. The Hall–Kier alpha value is -0.560. The lowest BCUT2D eigenvalue weighted by Crippen LogP contribution is -1.85. The van der Waals surface area contributed by atoms with Gasteiger partial charge in [-0.1, -0.05) is 23.2 Å². The first kappa shape index (κ1) is 11.9. The molecule has 2 aromatic rings. The number of nitrogens with zero attached hydrogens (tertiary/aromatic N) is 4. The van der Waals surface area contributed by atoms with Crippen LogP contribution in [0.15, 0.2) is 34.8 Å². The predicted octanol–water partition coefficient (Wildman–Crippen LogP) is 3.37. The molecular weight excluding hydrogens is 287 g/mol. The van der Waals surface area contributed by atoms with Crippen LogP contribution in [0.1, 0.15) is 0 Å². The van der Waals surface area contributed by atoms with E-state index in [9.17, 15) is 0 Å². The maximum atomic E-state index is 5.73. The van der Waals surface area contributed by atoms with E-state index in [4.69, 9.17) is 23.2 Å². The summed E-state index contributed by atoms with van der Waals surface area (Å²) in [5.41, 5.74) is 0. The molecule has 16 heavy (non-hydrogen) atoms. The zero-order chi connectivity index (χ0) is 11.4. The number of hydrogen-bond donors (Lipinski definition) is 0. The monoisotopic (exact) mass is 290 g/mol. The molecule has 0 unspecified atom stereocenters. The predicted molar refractivity (Wildman–Crippen MR) is 65.8 cm³/mol. The summed E-state index contributed by atoms with van der Waals surface area (Å²) in [5.74, 6) is 0. The van der Waals surface area contributed by atoms with Crippen LogP contribution in [0.3, 0.4) is 0 Å². The van der Waals surface area contributed by atoms with E-state index in [0.717, 1.165) is 0 Å². The summed E-state index contributed by atoms with van der Waals surface area (Å²) in [6.07, 6.45) is 3.19. The van der Waals surface area contributed by atoms with Crippen LogP contribution in [0.4, 0.5) is 0 Å². The second-order valence-electron chi connectivity index (χ2n) is 2.49. The van der Waals surface area contributed by atoms with Crippen LogP contribution in [0.2, 0.25) is 10.3 Å². The Morgan fingerprint density at radius 3 is 1.62 bits per heavy atom. The Labute approximate surface area is 110 Å². The van der Waals surface area contributed by atoms with E-state index in [1.54, 1.807) is 24.5 Å². The highest BCUT2D eigenvalue weighted by Crippen LogP contribution is 2.33. The molecule has 0 aliphatic heterocycles. The number of aromatic nitrogens is 4. The van der Waals surface area contributed by atoms with E-state index in [1.807, 2.05) is 0 Å². The highest BCUT2D eigenvalue weighted by atomic mass is 35.5. The van der Waals surface area contributed by atoms with Gasteiger partial charge >= 0.3 is 0 Å². The van der Waals surface area contributed by atoms with Gasteiger partial charge in [0.25, 0.3) is 0 Å². The molecule has 8 heteroatoms. The van der Waals surface area contributed by atoms with E-state index in [2.05, 4.69) is 19.9 Å². The SMILES string of the molecule is Clc1ccnc(SSc2nccc(Cl)n2)n1. The molecule has 0 N–H and O–H groups in total. The number of hydrogen-bond acceptors (Lipinski definition) is 6. The lowest BCUT2D eigenvalue weighted by Gasteiger charge is -1.98. The topological polar surface area (TPSA) is 51.6 Å². The van der Waals surface area contributed by atoms with Crippen molar-refractivity contribution in [1.82, 2.24) is 19.9 Å². The average molecular weight is 291 g/mol. The van der Waals surface area contributed by atoms with Crippen LogP contribution >= 0.6 is 44.8 Å². The minimum Gasteiger partial charge on any atom is -0.230 e. The van der Waals surface area contributed by atoms with Crippen molar-refractivity contribution in [2.45, 2.75) is 10.3 Å². The summed E-state index contributed by atoms with van der Waals surface area (Å²) >= 11 is 11.5. The van der Waals surface area contributed by atoms with Gasteiger partial charge in [0.1, 0.15) is 10.3 Å². The third-order valence-corrected chi connectivity index (χ3v) is 3.73. The molecule has 0 aromatic carbocycles. The third-order valence-electron chi connectivity index (χ3n) is 1.39. The first-order chi connectivity index (χ1) is 7.74. The van der Waals surface area contributed by atoms with Gasteiger partial charge in [0.05, 0.1) is 0 Å². The van der Waals surface area contributed by atoms with Crippen molar-refractivity contribution in [1.29, 1.82) is 0 Å². The Morgan fingerprint density at radius 1 is 0.812 bits per heavy atom. The van der Waals surface area contributed by atoms with Crippen LogP contribution < -0.4 is 0 Å². The molecule has 0 radical (unpaired) electrons. The van der Waals surface area contributed by atoms with Gasteiger partial charge in [-0.2, -0.15) is 0 Å². The molecule has 82 valence electrons. The second-order valence-corrected chi connectivity index (χ2v) is 5.33. The van der Waals surface area contributed by atoms with Gasteiger partial charge in [0.2, 0.25) is 0 Å². The molecule has 0 amide bonds. The minimum atomic E-state index is 0.408. The first-order valence-electron chi connectivity index (χ1n) is 4.05. The van der Waals surface area contributed by atoms with Crippen LogP contribution in [-0.4, -0.2) is 19.9 Å². The van der Waals surface area contributed by atoms with E-state index < -0.39 is 0 Å². The van der Waals surface area contributed by atoms with Crippen molar-refractivity contribution >= 4 is 44.8 Å². The summed E-state index contributed by atoms with van der Waals surface area (Å²) in [6, 6.07) is 3.23. The first-order valence-corrected chi connectivity index (χ1v) is 6.96. The van der Waals surface area contributed by atoms with Crippen LogP contribution in [0, 0.1) is 0 Å². The number of halogens is 2. The van der Waals surface area contributed by atoms with E-state index in [1.165, 1.54) is 21.6 Å². The summed E-state index contributed by atoms with van der Waals surface area (Å²) in [6.45, 7) is 0. The van der Waals surface area contributed by atoms with Crippen LogP contribution in [-0.2, 0) is 0 Å². The number of rotatable bonds is 3. The molecule has 0 spiro atoms. The smallest absolute Gasteiger partial charge is 0.200 e. The summed E-state index contributed by atoms with van der Waals surface area (Å²) in [7, 11) is 2.65. The van der Waals surface area contributed by atoms with Gasteiger partial charge in [-0.05, 0) is 33.7 Å². The van der Waals surface area contributed by atoms with Crippen molar-refractivity contribution in [2.24, 2.45) is 0 Å². The Kier molecular flexibility index (Phi) is 4.22. The molecule has 0 saturated carbocycles. The van der Waals surface area contributed by atoms with Gasteiger partial charge in [0, 0.05) is 12.4 Å². The maximum absolute atomic E-state index is 5.73. The van der Waals surface area contributed by atoms with Crippen molar-refractivity contribution in [3.05, 3.63) is 34.8 Å². The highest BCUT2D eigenvalue weighted by molar-refractivity contribution is 8.76. The molecule has 0 bridgehead atoms. The van der Waals surface area contributed by atoms with Crippen molar-refractivity contribution in [3.63, 3.8) is 0 Å². The lowest BCUT2D eigenvalue weighted by atomic mass is 10.7. The summed E-state index contributed by atoms with van der Waals surface area (Å²) in [5, 5.41) is 1.93. The van der Waals surface area contributed by atoms with Gasteiger partial charge in [-0.15, -0.1) is 0 Å². The lowest BCUT2D eigenvalue weighted by molar-refractivity contribution is 0.967. The fraction of sp³-hybridized carbons (Fsp3) is 0. The largest absolute Gasteiger partial charge is 0.230 e. The minimum absolute atomic E-state index is 0.408. The quantitative estimate of drug-likeness (QED) is 0.491. The maximum Gasteiger partial charge on any atom is 0.200 e. The van der Waals surface area contributed by atoms with Gasteiger partial charge in [-0.25, -0.2) is 19.9 Å². The summed E-state index contributed by atoms with van der Waals surface area (Å²) < 4.78 is 0. The fourth-order valence-electron chi connectivity index (χ4n) is 0.795. The standard InChI is InChI=1S/C8H4Cl2N4S2/c9-5-1-3-11-7(13-5)15-16-8-12-4-2-6(10)14-8/h1-4H.